The molecule has 3 heterocycles. The van der Waals surface area contributed by atoms with E-state index in [0.717, 1.165) is 11.8 Å². The van der Waals surface area contributed by atoms with E-state index in [2.05, 4.69) is 60.2 Å². The summed E-state index contributed by atoms with van der Waals surface area (Å²) >= 11 is 0. The lowest BCUT2D eigenvalue weighted by atomic mass is 9.83. The number of nitriles is 1. The molecule has 0 spiro atoms. The highest BCUT2D eigenvalue weighted by atomic mass is 28.4. The fourth-order valence-electron chi connectivity index (χ4n) is 4.45. The monoisotopic (exact) mass is 559 g/mol. The lowest BCUT2D eigenvalue weighted by Gasteiger charge is -2.39. The first-order chi connectivity index (χ1) is 18.8. The number of carbonyl (C=O) groups excluding carboxylic acids is 1. The summed E-state index contributed by atoms with van der Waals surface area (Å²) in [5.74, 6) is -0.159. The van der Waals surface area contributed by atoms with Gasteiger partial charge in [0.05, 0.1) is 18.9 Å². The lowest BCUT2D eigenvalue weighted by Crippen LogP contribution is -2.46. The molecule has 12 heteroatoms. The van der Waals surface area contributed by atoms with Gasteiger partial charge >= 0.3 is 7.41 Å². The van der Waals surface area contributed by atoms with Crippen LogP contribution in [-0.2, 0) is 14.6 Å². The number of ether oxygens (including phenoxy) is 1. The molecule has 0 amide bonds. The molecule has 40 heavy (non-hydrogen) atoms. The summed E-state index contributed by atoms with van der Waals surface area (Å²) in [5.41, 5.74) is 2.12. The number of anilines is 3. The Morgan fingerprint density at radius 1 is 1.32 bits per heavy atom. The third-order valence-corrected chi connectivity index (χ3v) is 12.2. The van der Waals surface area contributed by atoms with Crippen molar-refractivity contribution >= 4 is 39.2 Å². The Hall–Kier alpha value is -3.82. The molecule has 0 aliphatic carbocycles. The molecule has 1 radical (unpaired) electrons. The van der Waals surface area contributed by atoms with Gasteiger partial charge in [0.2, 0.25) is 11.8 Å². The number of rotatable bonds is 9. The predicted molar refractivity (Wildman–Crippen MR) is 157 cm³/mol. The quantitative estimate of drug-likeness (QED) is 0.279. The zero-order valence-corrected chi connectivity index (χ0v) is 24.9. The number of hydrogen-bond donors (Lipinski definition) is 1. The van der Waals surface area contributed by atoms with Gasteiger partial charge in [0.25, 0.3) is 0 Å². The fraction of sp³-hybridized carbons (Fsp3) is 0.393. The van der Waals surface area contributed by atoms with Crippen molar-refractivity contribution in [3.05, 3.63) is 53.6 Å². The van der Waals surface area contributed by atoms with Gasteiger partial charge in [-0.1, -0.05) is 27.7 Å². The van der Waals surface area contributed by atoms with Crippen molar-refractivity contribution in [2.75, 3.05) is 30.4 Å². The smallest absolute Gasteiger partial charge is 0.329 e. The maximum atomic E-state index is 15.2. The molecule has 1 aliphatic heterocycles. The molecule has 9 nitrogen and oxygen atoms in total. The first-order valence-corrected chi connectivity index (χ1v) is 15.8. The highest BCUT2D eigenvalue weighted by Crippen LogP contribution is 2.46. The summed E-state index contributed by atoms with van der Waals surface area (Å²) in [5, 5.41) is 13.1. The van der Waals surface area contributed by atoms with Gasteiger partial charge in [-0.3, -0.25) is 0 Å². The maximum absolute atomic E-state index is 15.2. The minimum atomic E-state index is -2.11. The summed E-state index contributed by atoms with van der Waals surface area (Å²) in [6.07, 6.45) is 3.37. The third kappa shape index (κ3) is 5.57. The molecule has 2 aromatic heterocycles. The predicted octanol–water partition coefficient (Wildman–Crippen LogP) is 5.21. The van der Waals surface area contributed by atoms with Gasteiger partial charge in [-0.2, -0.15) is 5.26 Å². The zero-order chi connectivity index (χ0) is 29.3. The summed E-state index contributed by atoms with van der Waals surface area (Å²) < 4.78 is 27.1. The van der Waals surface area contributed by atoms with Gasteiger partial charge in [0.1, 0.15) is 23.6 Å². The molecule has 207 valence electrons. The van der Waals surface area contributed by atoms with Crippen molar-refractivity contribution in [3.63, 3.8) is 0 Å². The van der Waals surface area contributed by atoms with Crippen molar-refractivity contribution in [1.29, 1.82) is 5.26 Å². The summed E-state index contributed by atoms with van der Waals surface area (Å²) in [6, 6.07) is 9.13. The van der Waals surface area contributed by atoms with Crippen LogP contribution in [0.25, 0.3) is 11.3 Å². The Labute approximate surface area is 236 Å². The van der Waals surface area contributed by atoms with Gasteiger partial charge in [-0.05, 0) is 48.0 Å². The van der Waals surface area contributed by atoms with Crippen molar-refractivity contribution in [3.8, 4) is 23.2 Å². The molecular formula is C28H33BFN6O3Si. The number of methoxy groups -OCH3 is 1. The summed E-state index contributed by atoms with van der Waals surface area (Å²) in [6.45, 7) is 13.7. The topological polar surface area (TPSA) is 113 Å². The van der Waals surface area contributed by atoms with Crippen LogP contribution in [0.1, 0.15) is 38.8 Å². The van der Waals surface area contributed by atoms with E-state index in [1.165, 1.54) is 14.5 Å². The number of fused-ring (bicyclic) bond motifs is 1. The second-order valence-corrected chi connectivity index (χ2v) is 16.4. The average Bonchev–Trinajstić information content (AvgIpc) is 3.19. The first-order valence-electron chi connectivity index (χ1n) is 12.9. The van der Waals surface area contributed by atoms with E-state index in [4.69, 9.17) is 9.16 Å². The number of carbonyl (C=O) groups is 1. The first kappa shape index (κ1) is 29.2. The van der Waals surface area contributed by atoms with Crippen LogP contribution in [0.3, 0.4) is 0 Å². The molecule has 0 saturated carbocycles. The third-order valence-electron chi connectivity index (χ3n) is 7.71. The average molecular weight is 560 g/mol. The SMILES string of the molecule is COc1ncccc1Nc1ncc(F)c(-c2cc(C#N)c3c(c2)C(C)(CO[Si](C)(C)C(C)(C)C)CN3[B]C=O)n1. The highest BCUT2D eigenvalue weighted by molar-refractivity contribution is 6.74. The fourth-order valence-corrected chi connectivity index (χ4v) is 5.56. The zero-order valence-electron chi connectivity index (χ0n) is 23.9. The summed E-state index contributed by atoms with van der Waals surface area (Å²) in [4.78, 5) is 26.0. The minimum absolute atomic E-state index is 0.00348. The molecule has 3 aromatic rings. The van der Waals surface area contributed by atoms with Gasteiger partial charge in [-0.25, -0.2) is 19.3 Å². The van der Waals surface area contributed by atoms with Crippen LogP contribution < -0.4 is 14.9 Å². The minimum Gasteiger partial charge on any atom is -0.480 e. The van der Waals surface area contributed by atoms with E-state index < -0.39 is 19.5 Å². The van der Waals surface area contributed by atoms with E-state index in [9.17, 15) is 10.1 Å². The molecule has 1 aromatic carbocycles. The number of nitrogens with one attached hydrogen (secondary N) is 1. The molecular weight excluding hydrogens is 526 g/mol. The van der Waals surface area contributed by atoms with Crippen molar-refractivity contribution in [1.82, 2.24) is 15.0 Å². The molecule has 1 aliphatic rings. The Morgan fingerprint density at radius 3 is 2.73 bits per heavy atom. The second-order valence-electron chi connectivity index (χ2n) is 11.6. The largest absolute Gasteiger partial charge is 0.480 e. The van der Waals surface area contributed by atoms with Crippen molar-refractivity contribution < 1.29 is 18.3 Å². The maximum Gasteiger partial charge on any atom is 0.329 e. The van der Waals surface area contributed by atoms with Crippen LogP contribution in [-0.4, -0.2) is 57.1 Å². The Bertz CT molecular complexity index is 1480. The Morgan fingerprint density at radius 2 is 2.08 bits per heavy atom. The van der Waals surface area contributed by atoms with E-state index in [1.807, 2.05) is 13.0 Å². The van der Waals surface area contributed by atoms with Crippen LogP contribution in [0.2, 0.25) is 18.1 Å². The van der Waals surface area contributed by atoms with Crippen LogP contribution in [0.4, 0.5) is 21.7 Å². The van der Waals surface area contributed by atoms with E-state index in [0.29, 0.717) is 47.7 Å². The Balaban J connectivity index is 1.80. The van der Waals surface area contributed by atoms with Gasteiger partial charge in [0, 0.05) is 36.0 Å². The number of pyridine rings is 1. The summed E-state index contributed by atoms with van der Waals surface area (Å²) in [7, 11) is 0.808. The molecule has 4 rings (SSSR count). The van der Waals surface area contributed by atoms with Gasteiger partial charge in [-0.15, -0.1) is 0 Å². The lowest BCUT2D eigenvalue weighted by molar-refractivity contribution is 0.219. The van der Waals surface area contributed by atoms with Crippen LogP contribution in [0, 0.1) is 17.1 Å². The molecule has 1 atom stereocenters. The van der Waals surface area contributed by atoms with Crippen molar-refractivity contribution in [2.45, 2.75) is 51.2 Å². The van der Waals surface area contributed by atoms with Crippen molar-refractivity contribution in [2.24, 2.45) is 0 Å². The molecule has 0 bridgehead atoms. The molecule has 0 saturated heterocycles. The number of aromatic nitrogens is 3. The van der Waals surface area contributed by atoms with Crippen LogP contribution in [0.15, 0.2) is 36.7 Å². The highest BCUT2D eigenvalue weighted by Gasteiger charge is 2.44. The van der Waals surface area contributed by atoms with E-state index >= 15 is 4.39 Å². The number of hydrogen-bond acceptors (Lipinski definition) is 9. The molecule has 1 unspecified atom stereocenters. The molecule has 1 N–H and O–H groups in total. The number of halogens is 1. The molecule has 0 fully saturated rings. The van der Waals surface area contributed by atoms with Gasteiger partial charge in [0.15, 0.2) is 14.1 Å². The van der Waals surface area contributed by atoms with Crippen LogP contribution in [0.5, 0.6) is 5.88 Å². The second kappa shape index (κ2) is 11.0. The number of nitrogens with zero attached hydrogens (tertiary/aromatic N) is 5. The standard InChI is InChI=1S/C28H33BFN6O3Si/c1-27(2,3)40(6,7)39-16-28(4)15-36(29-17-37)24-19(13-31)11-18(12-20(24)28)23-21(30)14-33-26(35-23)34-22-9-8-10-32-25(22)38-5/h8-12,14,17H,15-16H2,1-7H3,(H,33,34,35). The van der Waals surface area contributed by atoms with Gasteiger partial charge < -0.3 is 24.1 Å². The van der Waals surface area contributed by atoms with E-state index in [-0.39, 0.29) is 16.7 Å². The normalized spacial score (nSPS) is 16.7. The van der Waals surface area contributed by atoms with Crippen LogP contribution >= 0.6 is 0 Å². The Kier molecular flexibility index (Phi) is 8.01. The number of benzene rings is 1. The van der Waals surface area contributed by atoms with E-state index in [1.54, 1.807) is 29.2 Å².